The Kier molecular flexibility index (Phi) is 2.41. The fraction of sp³-hybridized carbons (Fsp3) is 0.625. The van der Waals surface area contributed by atoms with Crippen molar-refractivity contribution in [2.75, 3.05) is 5.73 Å². The molecule has 1 aromatic rings. The van der Waals surface area contributed by atoms with Gasteiger partial charge in [0, 0.05) is 6.42 Å². The average molecular weight is 212 g/mol. The molecule has 0 saturated carbocycles. The van der Waals surface area contributed by atoms with Gasteiger partial charge in [0.25, 0.3) is 0 Å². The Bertz CT molecular complexity index is 409. The second-order valence-corrected chi connectivity index (χ2v) is 3.50. The highest BCUT2D eigenvalue weighted by molar-refractivity contribution is 5.09. The van der Waals surface area contributed by atoms with E-state index in [2.05, 4.69) is 9.97 Å². The summed E-state index contributed by atoms with van der Waals surface area (Å²) in [5.41, 5.74) is 4.74. The molecule has 2 rings (SSSR count). The van der Waals surface area contributed by atoms with Crippen LogP contribution in [-0.4, -0.2) is 31.8 Å². The minimum absolute atomic E-state index is 0.0668. The van der Waals surface area contributed by atoms with Gasteiger partial charge in [-0.15, -0.1) is 0 Å². The molecule has 82 valence electrons. The van der Waals surface area contributed by atoms with Crippen molar-refractivity contribution in [1.29, 1.82) is 0 Å². The highest BCUT2D eigenvalue weighted by Crippen LogP contribution is 2.26. The predicted molar refractivity (Wildman–Crippen MR) is 50.9 cm³/mol. The number of nitrogen functional groups attached to an aromatic ring is 1. The third-order valence-corrected chi connectivity index (χ3v) is 2.41. The summed E-state index contributed by atoms with van der Waals surface area (Å²) in [4.78, 5) is 18.6. The van der Waals surface area contributed by atoms with E-state index in [-0.39, 0.29) is 12.1 Å². The molecule has 7 heteroatoms. The Labute approximate surface area is 85.5 Å². The summed E-state index contributed by atoms with van der Waals surface area (Å²) in [6.07, 6.45) is 0.260. The lowest BCUT2D eigenvalue weighted by Gasteiger charge is -2.12. The summed E-state index contributed by atoms with van der Waals surface area (Å²) in [6.45, 7) is 1.74. The van der Waals surface area contributed by atoms with Crippen LogP contribution in [0.3, 0.4) is 0 Å². The zero-order valence-electron chi connectivity index (χ0n) is 8.20. The number of anilines is 1. The first-order valence-corrected chi connectivity index (χ1v) is 4.62. The number of hydrogen-bond acceptors (Lipinski definition) is 6. The van der Waals surface area contributed by atoms with E-state index in [0.717, 1.165) is 0 Å². The minimum atomic E-state index is -0.570. The number of aromatic nitrogens is 3. The van der Waals surface area contributed by atoms with Crippen LogP contribution in [-0.2, 0) is 4.74 Å². The average Bonchev–Trinajstić information content (AvgIpc) is 2.46. The number of ether oxygens (including phenoxy) is 1. The summed E-state index contributed by atoms with van der Waals surface area (Å²) in [5.74, 6) is -0.0668. The lowest BCUT2D eigenvalue weighted by Crippen LogP contribution is -2.28. The van der Waals surface area contributed by atoms with Gasteiger partial charge >= 0.3 is 5.69 Å². The number of rotatable bonds is 1. The van der Waals surface area contributed by atoms with E-state index in [4.69, 9.17) is 10.5 Å². The molecular weight excluding hydrogens is 200 g/mol. The number of hydrogen-bond donors (Lipinski definition) is 2. The van der Waals surface area contributed by atoms with Crippen LogP contribution in [0.15, 0.2) is 11.1 Å². The second-order valence-electron chi connectivity index (χ2n) is 3.50. The van der Waals surface area contributed by atoms with Crippen LogP contribution in [0.2, 0.25) is 0 Å². The maximum atomic E-state index is 11.4. The second kappa shape index (κ2) is 3.59. The van der Waals surface area contributed by atoms with Gasteiger partial charge in [0.05, 0.1) is 12.2 Å². The van der Waals surface area contributed by atoms with Crippen molar-refractivity contribution >= 4 is 5.95 Å². The van der Waals surface area contributed by atoms with Crippen molar-refractivity contribution in [1.82, 2.24) is 14.5 Å². The molecule has 1 aliphatic rings. The molecular formula is C8H12N4O3. The first kappa shape index (κ1) is 10.1. The van der Waals surface area contributed by atoms with Crippen LogP contribution < -0.4 is 11.4 Å². The third kappa shape index (κ3) is 1.83. The number of aliphatic hydroxyl groups excluding tert-OH is 1. The Hall–Kier alpha value is -1.47. The zero-order chi connectivity index (χ0) is 11.0. The highest BCUT2D eigenvalue weighted by Gasteiger charge is 2.32. The first-order valence-electron chi connectivity index (χ1n) is 4.62. The van der Waals surface area contributed by atoms with Gasteiger partial charge in [-0.25, -0.2) is 9.78 Å². The van der Waals surface area contributed by atoms with E-state index in [1.807, 2.05) is 0 Å². The molecule has 0 aromatic carbocycles. The molecule has 2 heterocycles. The lowest BCUT2D eigenvalue weighted by molar-refractivity contribution is -0.0105. The van der Waals surface area contributed by atoms with Crippen LogP contribution in [0.4, 0.5) is 5.95 Å². The van der Waals surface area contributed by atoms with E-state index in [1.165, 1.54) is 10.9 Å². The molecule has 7 nitrogen and oxygen atoms in total. The molecule has 1 saturated heterocycles. The smallest absolute Gasteiger partial charge is 0.354 e. The van der Waals surface area contributed by atoms with E-state index in [0.29, 0.717) is 6.42 Å². The highest BCUT2D eigenvalue weighted by atomic mass is 16.5. The van der Waals surface area contributed by atoms with Crippen LogP contribution in [0.25, 0.3) is 0 Å². The molecule has 0 radical (unpaired) electrons. The topological polar surface area (TPSA) is 103 Å². The van der Waals surface area contributed by atoms with Crippen LogP contribution in [0, 0.1) is 0 Å². The normalized spacial score (nSPS) is 30.7. The van der Waals surface area contributed by atoms with Gasteiger partial charge in [0.15, 0.2) is 0 Å². The summed E-state index contributed by atoms with van der Waals surface area (Å²) in [6, 6.07) is 0. The van der Waals surface area contributed by atoms with Crippen molar-refractivity contribution in [2.24, 2.45) is 0 Å². The maximum absolute atomic E-state index is 11.4. The standard InChI is InChI=1S/C8H12N4O3/c1-4-5(13)2-6(15-4)12-3-10-7(9)11-8(12)14/h3-6,13H,2H2,1H3,(H2,9,11,14)/t4-,5?,6-/m1/s1. The van der Waals surface area contributed by atoms with Crippen molar-refractivity contribution in [3.63, 3.8) is 0 Å². The molecule has 0 aliphatic carbocycles. The van der Waals surface area contributed by atoms with Crippen LogP contribution >= 0.6 is 0 Å². The molecule has 15 heavy (non-hydrogen) atoms. The SMILES string of the molecule is C[C@H]1O[C@@H](n2cnc(N)nc2=O)CC1O. The van der Waals surface area contributed by atoms with E-state index in [1.54, 1.807) is 6.92 Å². The minimum Gasteiger partial charge on any atom is -0.390 e. The molecule has 0 bridgehead atoms. The fourth-order valence-electron chi connectivity index (χ4n) is 1.52. The van der Waals surface area contributed by atoms with E-state index >= 15 is 0 Å². The summed E-state index contributed by atoms with van der Waals surface area (Å²) in [5, 5.41) is 9.47. The fourth-order valence-corrected chi connectivity index (χ4v) is 1.52. The Morgan fingerprint density at radius 1 is 1.73 bits per heavy atom. The molecule has 0 spiro atoms. The van der Waals surface area contributed by atoms with E-state index in [9.17, 15) is 9.90 Å². The summed E-state index contributed by atoms with van der Waals surface area (Å²) < 4.78 is 6.60. The van der Waals surface area contributed by atoms with Crippen molar-refractivity contribution < 1.29 is 9.84 Å². The maximum Gasteiger partial charge on any atom is 0.354 e. The van der Waals surface area contributed by atoms with Gasteiger partial charge < -0.3 is 15.6 Å². The molecule has 3 N–H and O–H groups in total. The first-order chi connectivity index (χ1) is 7.08. The van der Waals surface area contributed by atoms with Crippen molar-refractivity contribution in [3.05, 3.63) is 16.8 Å². The van der Waals surface area contributed by atoms with Gasteiger partial charge in [-0.3, -0.25) is 4.57 Å². The van der Waals surface area contributed by atoms with Gasteiger partial charge in [-0.2, -0.15) is 4.98 Å². The lowest BCUT2D eigenvalue weighted by atomic mass is 10.2. The predicted octanol–water partition coefficient (Wildman–Crippen LogP) is -1.11. The van der Waals surface area contributed by atoms with Crippen molar-refractivity contribution in [3.8, 4) is 0 Å². The largest absolute Gasteiger partial charge is 0.390 e. The molecule has 1 aliphatic heterocycles. The van der Waals surface area contributed by atoms with Gasteiger partial charge in [0.2, 0.25) is 5.95 Å². The van der Waals surface area contributed by atoms with Crippen LogP contribution in [0.5, 0.6) is 0 Å². The van der Waals surface area contributed by atoms with Gasteiger partial charge in [-0.05, 0) is 6.92 Å². The van der Waals surface area contributed by atoms with Crippen LogP contribution in [0.1, 0.15) is 19.6 Å². The van der Waals surface area contributed by atoms with Gasteiger partial charge in [0.1, 0.15) is 12.6 Å². The molecule has 1 fully saturated rings. The molecule has 3 atom stereocenters. The Morgan fingerprint density at radius 3 is 3.00 bits per heavy atom. The molecule has 1 unspecified atom stereocenters. The number of nitrogens with zero attached hydrogens (tertiary/aromatic N) is 3. The Balaban J connectivity index is 2.28. The molecule has 0 amide bonds. The van der Waals surface area contributed by atoms with E-state index < -0.39 is 18.0 Å². The molecule has 1 aromatic heterocycles. The summed E-state index contributed by atoms with van der Waals surface area (Å²) in [7, 11) is 0. The quantitative estimate of drug-likeness (QED) is 0.611. The number of nitrogens with two attached hydrogens (primary N) is 1. The zero-order valence-corrected chi connectivity index (χ0v) is 8.20. The summed E-state index contributed by atoms with van der Waals surface area (Å²) >= 11 is 0. The third-order valence-electron chi connectivity index (χ3n) is 2.41. The van der Waals surface area contributed by atoms with Gasteiger partial charge in [-0.1, -0.05) is 0 Å². The monoisotopic (exact) mass is 212 g/mol. The number of aliphatic hydroxyl groups is 1. The van der Waals surface area contributed by atoms with Crippen molar-refractivity contribution in [2.45, 2.75) is 31.8 Å². The Morgan fingerprint density at radius 2 is 2.47 bits per heavy atom.